The highest BCUT2D eigenvalue weighted by Crippen LogP contribution is 2.24. The third-order valence-electron chi connectivity index (χ3n) is 2.83. The molecular formula is C13H11BrN2OS. The van der Waals surface area contributed by atoms with Crippen LogP contribution in [0.4, 0.5) is 0 Å². The molecule has 0 radical (unpaired) electrons. The Morgan fingerprint density at radius 3 is 3.06 bits per heavy atom. The van der Waals surface area contributed by atoms with E-state index in [1.165, 1.54) is 4.88 Å². The van der Waals surface area contributed by atoms with Gasteiger partial charge in [-0.2, -0.15) is 0 Å². The maximum absolute atomic E-state index is 9.37. The summed E-state index contributed by atoms with van der Waals surface area (Å²) in [5, 5.41) is 12.5. The maximum Gasteiger partial charge on any atom is 0.140 e. The molecule has 5 heteroatoms. The summed E-state index contributed by atoms with van der Waals surface area (Å²) < 4.78 is 3.19. The Morgan fingerprint density at radius 1 is 1.44 bits per heavy atom. The van der Waals surface area contributed by atoms with Gasteiger partial charge in [0.2, 0.25) is 0 Å². The van der Waals surface area contributed by atoms with Crippen molar-refractivity contribution in [2.75, 3.05) is 0 Å². The Bertz CT molecular complexity index is 689. The van der Waals surface area contributed by atoms with Crippen LogP contribution in [0.25, 0.3) is 11.0 Å². The Morgan fingerprint density at radius 2 is 2.33 bits per heavy atom. The van der Waals surface area contributed by atoms with Crippen molar-refractivity contribution in [2.45, 2.75) is 13.2 Å². The van der Waals surface area contributed by atoms with E-state index in [0.29, 0.717) is 0 Å². The Balaban J connectivity index is 2.06. The van der Waals surface area contributed by atoms with Crippen molar-refractivity contribution in [3.63, 3.8) is 0 Å². The van der Waals surface area contributed by atoms with Crippen LogP contribution in [-0.2, 0) is 13.2 Å². The summed E-state index contributed by atoms with van der Waals surface area (Å²) in [6.07, 6.45) is 3.76. The van der Waals surface area contributed by atoms with Gasteiger partial charge in [0.25, 0.3) is 0 Å². The van der Waals surface area contributed by atoms with Crippen molar-refractivity contribution in [3.05, 3.63) is 50.9 Å². The molecule has 0 aromatic carbocycles. The van der Waals surface area contributed by atoms with Crippen molar-refractivity contribution in [2.24, 2.45) is 0 Å². The second-order valence-corrected chi connectivity index (χ2v) is 5.96. The average molecular weight is 323 g/mol. The molecule has 3 rings (SSSR count). The summed E-state index contributed by atoms with van der Waals surface area (Å²) in [6.45, 7) is 0.826. The van der Waals surface area contributed by atoms with Crippen LogP contribution in [0.15, 0.2) is 40.4 Å². The van der Waals surface area contributed by atoms with E-state index in [0.717, 1.165) is 27.6 Å². The molecule has 3 aromatic rings. The normalized spacial score (nSPS) is 11.2. The van der Waals surface area contributed by atoms with Crippen molar-refractivity contribution < 1.29 is 5.11 Å². The van der Waals surface area contributed by atoms with Crippen molar-refractivity contribution in [1.82, 2.24) is 9.55 Å². The van der Waals surface area contributed by atoms with Crippen molar-refractivity contribution >= 4 is 38.3 Å². The number of thiophene rings is 1. The first-order chi connectivity index (χ1) is 8.78. The molecule has 0 aliphatic rings. The zero-order valence-corrected chi connectivity index (χ0v) is 11.9. The third-order valence-corrected chi connectivity index (χ3v) is 4.52. The lowest BCUT2D eigenvalue weighted by Crippen LogP contribution is -1.96. The number of nitrogens with zero attached hydrogens (tertiary/aromatic N) is 2. The Labute approximate surface area is 117 Å². The average Bonchev–Trinajstić information content (AvgIpc) is 2.95. The summed E-state index contributed by atoms with van der Waals surface area (Å²) in [5.41, 5.74) is 1.85. The number of hydrogen-bond acceptors (Lipinski definition) is 3. The van der Waals surface area contributed by atoms with E-state index in [2.05, 4.69) is 36.9 Å². The van der Waals surface area contributed by atoms with Gasteiger partial charge in [0.1, 0.15) is 5.65 Å². The summed E-state index contributed by atoms with van der Waals surface area (Å²) in [5.74, 6) is 0. The van der Waals surface area contributed by atoms with Crippen LogP contribution in [-0.4, -0.2) is 14.7 Å². The number of pyridine rings is 1. The lowest BCUT2D eigenvalue weighted by Gasteiger charge is -2.01. The number of aliphatic hydroxyl groups is 1. The van der Waals surface area contributed by atoms with E-state index < -0.39 is 0 Å². The number of aliphatic hydroxyl groups excluding tert-OH is 1. The minimum Gasteiger partial charge on any atom is -0.392 e. The van der Waals surface area contributed by atoms with Crippen LogP contribution in [0.1, 0.15) is 10.4 Å². The van der Waals surface area contributed by atoms with Crippen LogP contribution >= 0.6 is 27.3 Å². The molecule has 1 N–H and O–H groups in total. The molecule has 0 saturated heterocycles. The molecule has 0 saturated carbocycles. The van der Waals surface area contributed by atoms with Crippen LogP contribution in [0.3, 0.4) is 0 Å². The van der Waals surface area contributed by atoms with Gasteiger partial charge < -0.3 is 9.67 Å². The second-order valence-electron chi connectivity index (χ2n) is 4.05. The van der Waals surface area contributed by atoms with Crippen molar-refractivity contribution in [1.29, 1.82) is 0 Å². The molecular weight excluding hydrogens is 312 g/mol. The molecule has 18 heavy (non-hydrogen) atoms. The first-order valence-corrected chi connectivity index (χ1v) is 7.21. The number of halogens is 1. The van der Waals surface area contributed by atoms with E-state index in [1.807, 2.05) is 18.3 Å². The topological polar surface area (TPSA) is 38.0 Å². The van der Waals surface area contributed by atoms with E-state index in [-0.39, 0.29) is 6.61 Å². The Kier molecular flexibility index (Phi) is 3.20. The highest BCUT2D eigenvalue weighted by atomic mass is 79.9. The molecule has 0 bridgehead atoms. The van der Waals surface area contributed by atoms with Gasteiger partial charge >= 0.3 is 0 Å². The van der Waals surface area contributed by atoms with Gasteiger partial charge in [-0.05, 0) is 34.1 Å². The predicted octanol–water partition coefficient (Wildman–Crippen LogP) is 3.40. The van der Waals surface area contributed by atoms with E-state index in [1.54, 1.807) is 17.5 Å². The third kappa shape index (κ3) is 2.09. The van der Waals surface area contributed by atoms with E-state index >= 15 is 0 Å². The highest BCUT2D eigenvalue weighted by molar-refractivity contribution is 9.10. The molecule has 0 amide bonds. The van der Waals surface area contributed by atoms with Crippen LogP contribution in [0, 0.1) is 0 Å². The van der Waals surface area contributed by atoms with Gasteiger partial charge in [0.05, 0.1) is 13.2 Å². The molecule has 0 unspecified atom stereocenters. The molecule has 0 spiro atoms. The van der Waals surface area contributed by atoms with Gasteiger partial charge in [0, 0.05) is 38.1 Å². The standard InChI is InChI=1S/C13H11BrN2OS/c14-10-4-11(18-8-10)6-16-5-9(7-17)12-2-1-3-15-13(12)16/h1-5,8,17H,6-7H2. The first-order valence-electron chi connectivity index (χ1n) is 5.54. The number of hydrogen-bond donors (Lipinski definition) is 1. The summed E-state index contributed by atoms with van der Waals surface area (Å²) in [4.78, 5) is 5.66. The van der Waals surface area contributed by atoms with Crippen LogP contribution in [0.5, 0.6) is 0 Å². The molecule has 0 aliphatic carbocycles. The second kappa shape index (κ2) is 4.84. The molecule has 0 atom stereocenters. The molecule has 92 valence electrons. The lowest BCUT2D eigenvalue weighted by molar-refractivity contribution is 0.283. The zero-order chi connectivity index (χ0) is 12.5. The monoisotopic (exact) mass is 322 g/mol. The fourth-order valence-electron chi connectivity index (χ4n) is 2.05. The van der Waals surface area contributed by atoms with E-state index in [4.69, 9.17) is 0 Å². The van der Waals surface area contributed by atoms with Gasteiger partial charge in [-0.3, -0.25) is 0 Å². The van der Waals surface area contributed by atoms with Gasteiger partial charge in [-0.15, -0.1) is 11.3 Å². The number of rotatable bonds is 3. The number of fused-ring (bicyclic) bond motifs is 1. The molecule has 0 aliphatic heterocycles. The fourth-order valence-corrected chi connectivity index (χ4v) is 3.50. The summed E-state index contributed by atoms with van der Waals surface area (Å²) in [7, 11) is 0. The quantitative estimate of drug-likeness (QED) is 0.802. The van der Waals surface area contributed by atoms with Gasteiger partial charge in [0.15, 0.2) is 0 Å². The minimum atomic E-state index is 0.0450. The predicted molar refractivity (Wildman–Crippen MR) is 76.8 cm³/mol. The van der Waals surface area contributed by atoms with E-state index in [9.17, 15) is 5.11 Å². The molecule has 0 fully saturated rings. The SMILES string of the molecule is OCc1cn(Cc2cc(Br)cs2)c2ncccc12. The van der Waals surface area contributed by atoms with Gasteiger partial charge in [-0.25, -0.2) is 4.98 Å². The summed E-state index contributed by atoms with van der Waals surface area (Å²) in [6, 6.07) is 6.00. The fraction of sp³-hybridized carbons (Fsp3) is 0.154. The first kappa shape index (κ1) is 11.9. The van der Waals surface area contributed by atoms with Gasteiger partial charge in [-0.1, -0.05) is 0 Å². The number of aromatic nitrogens is 2. The summed E-state index contributed by atoms with van der Waals surface area (Å²) >= 11 is 5.17. The van der Waals surface area contributed by atoms with Crippen LogP contribution in [0.2, 0.25) is 0 Å². The molecule has 3 nitrogen and oxygen atoms in total. The minimum absolute atomic E-state index is 0.0450. The molecule has 3 heterocycles. The highest BCUT2D eigenvalue weighted by Gasteiger charge is 2.09. The smallest absolute Gasteiger partial charge is 0.140 e. The zero-order valence-electron chi connectivity index (χ0n) is 9.51. The Hall–Kier alpha value is -1.17. The molecule has 3 aromatic heterocycles. The van der Waals surface area contributed by atoms with Crippen LogP contribution < -0.4 is 0 Å². The maximum atomic E-state index is 9.37. The van der Waals surface area contributed by atoms with Crippen molar-refractivity contribution in [3.8, 4) is 0 Å². The lowest BCUT2D eigenvalue weighted by atomic mass is 10.2. The largest absolute Gasteiger partial charge is 0.392 e.